The zero-order chi connectivity index (χ0) is 8.20. The van der Waals surface area contributed by atoms with Crippen LogP contribution in [0.3, 0.4) is 0 Å². The molecule has 0 aromatic rings. The lowest BCUT2D eigenvalue weighted by molar-refractivity contribution is -0.290. The Hall–Kier alpha value is -1.78. The van der Waals surface area contributed by atoms with Crippen LogP contribution in [-0.4, -0.2) is 4.33 Å². The number of nitrogens with zero attached hydrogens (tertiary/aromatic N) is 4. The van der Waals surface area contributed by atoms with Crippen LogP contribution in [0.5, 0.6) is 0 Å². The van der Waals surface area contributed by atoms with Gasteiger partial charge in [-0.2, -0.15) is 15.8 Å². The van der Waals surface area contributed by atoms with Crippen molar-refractivity contribution >= 4 is 10.2 Å². The molecule has 0 N–H and O–H groups in total. The second-order valence-corrected chi connectivity index (χ2v) is 3.08. The van der Waals surface area contributed by atoms with Gasteiger partial charge < -0.3 is 0 Å². The van der Waals surface area contributed by atoms with Crippen molar-refractivity contribution in [1.82, 2.24) is 0 Å². The molecule has 0 aliphatic carbocycles. The Kier molecular flexibility index (Phi) is 2.20. The number of hydrogen-bond donors (Lipinski definition) is 0. The lowest BCUT2D eigenvalue weighted by Gasteiger charge is -1.99. The Morgan fingerprint density at radius 3 is 1.50 bits per heavy atom. The van der Waals surface area contributed by atoms with Crippen LogP contribution in [0.1, 0.15) is 0 Å². The highest BCUT2D eigenvalue weighted by molar-refractivity contribution is 8.39. The van der Waals surface area contributed by atoms with Gasteiger partial charge in [0.2, 0.25) is 16.2 Å². The normalized spacial score (nSPS) is 10.1. The van der Waals surface area contributed by atoms with Gasteiger partial charge in [0, 0.05) is 0 Å². The van der Waals surface area contributed by atoms with E-state index in [9.17, 15) is 10.1 Å². The number of thiocyanates is 3. The predicted octanol–water partition coefficient (Wildman–Crippen LogP) is 0.426. The van der Waals surface area contributed by atoms with Gasteiger partial charge >= 0.3 is 0 Å². The van der Waals surface area contributed by atoms with E-state index >= 15 is 0 Å². The molecule has 0 spiro atoms. The van der Waals surface area contributed by atoms with Crippen molar-refractivity contribution in [2.24, 2.45) is 0 Å². The van der Waals surface area contributed by atoms with E-state index in [-0.39, 0.29) is 0 Å². The van der Waals surface area contributed by atoms with Gasteiger partial charge in [-0.3, -0.25) is 0 Å². The molecule has 0 saturated heterocycles. The minimum atomic E-state index is -3.59. The molecule has 0 unspecified atom stereocenters. The Labute approximate surface area is 57.5 Å². The van der Waals surface area contributed by atoms with Crippen LogP contribution in [0.2, 0.25) is 0 Å². The summed E-state index contributed by atoms with van der Waals surface area (Å²) in [7, 11) is -3.59. The number of nitriles is 3. The summed E-state index contributed by atoms with van der Waals surface area (Å²) in [5.41, 5.74) is 0. The molecule has 10 heavy (non-hydrogen) atoms. The van der Waals surface area contributed by atoms with Crippen molar-refractivity contribution < 1.29 is 4.33 Å². The lowest BCUT2D eigenvalue weighted by Crippen LogP contribution is -2.02. The molecular weight excluding hydrogens is 156 g/mol. The van der Waals surface area contributed by atoms with E-state index in [1.807, 2.05) is 0 Å². The summed E-state index contributed by atoms with van der Waals surface area (Å²) in [6, 6.07) is 0. The van der Waals surface area contributed by atoms with E-state index in [0.717, 1.165) is 16.2 Å². The fraction of sp³-hybridized carbons (Fsp3) is 0. The minimum absolute atomic E-state index is 1.08. The van der Waals surface area contributed by atoms with E-state index in [2.05, 4.69) is 0 Å². The molecule has 6 nitrogen and oxygen atoms in total. The van der Waals surface area contributed by atoms with E-state index in [1.165, 1.54) is 0 Å². The zero-order valence-electron chi connectivity index (χ0n) is 4.51. The van der Waals surface area contributed by atoms with Gasteiger partial charge in [0.25, 0.3) is 10.2 Å². The molecule has 0 fully saturated rings. The van der Waals surface area contributed by atoms with Crippen LogP contribution < -0.4 is 0 Å². The van der Waals surface area contributed by atoms with Gasteiger partial charge in [0.15, 0.2) is 0 Å². The molecule has 0 aromatic heterocycles. The van der Waals surface area contributed by atoms with Crippen molar-refractivity contribution in [3.63, 3.8) is 0 Å². The van der Waals surface area contributed by atoms with Crippen LogP contribution in [-0.2, 0) is 0 Å². The summed E-state index contributed by atoms with van der Waals surface area (Å²) < 4.78 is -1.15. The Morgan fingerprint density at radius 1 is 1.20 bits per heavy atom. The van der Waals surface area contributed by atoms with Gasteiger partial charge in [-0.15, -0.1) is 0 Å². The SMILES string of the molecule is N#CS(C#N)(C#N)[N+](=O)[O-]. The Morgan fingerprint density at radius 2 is 1.50 bits per heavy atom. The molecule has 0 aliphatic rings. The molecule has 0 radical (unpaired) electrons. The average Bonchev–Trinajstić information content (AvgIpc) is 1.92. The summed E-state index contributed by atoms with van der Waals surface area (Å²) >= 11 is 0. The quantitative estimate of drug-likeness (QED) is 0.310. The largest absolute Gasteiger partial charge is 0.295 e. The average molecular weight is 156 g/mol. The monoisotopic (exact) mass is 156 g/mol. The third kappa shape index (κ3) is 0.970. The van der Waals surface area contributed by atoms with E-state index < -0.39 is 14.5 Å². The lowest BCUT2D eigenvalue weighted by atomic mass is 11.7. The Bertz CT molecular complexity index is 242. The zero-order valence-corrected chi connectivity index (χ0v) is 5.33. The van der Waals surface area contributed by atoms with E-state index in [4.69, 9.17) is 15.8 Å². The van der Waals surface area contributed by atoms with E-state index in [1.54, 1.807) is 0 Å². The fourth-order valence-corrected chi connectivity index (χ4v) is 0.484. The smallest absolute Gasteiger partial charge is 0.250 e. The van der Waals surface area contributed by atoms with Crippen LogP contribution in [0.15, 0.2) is 0 Å². The summed E-state index contributed by atoms with van der Waals surface area (Å²) in [5, 5.41) is 37.3. The second kappa shape index (κ2) is 2.67. The molecule has 0 aromatic carbocycles. The molecule has 0 saturated carbocycles. The van der Waals surface area contributed by atoms with Gasteiger partial charge in [-0.1, -0.05) is 0 Å². The van der Waals surface area contributed by atoms with Crippen molar-refractivity contribution in [3.05, 3.63) is 10.1 Å². The molecule has 7 heteroatoms. The topological polar surface area (TPSA) is 115 Å². The first-order valence-electron chi connectivity index (χ1n) is 1.83. The van der Waals surface area contributed by atoms with Crippen molar-refractivity contribution in [1.29, 1.82) is 15.8 Å². The fourth-order valence-electron chi connectivity index (χ4n) is 0.161. The maximum Gasteiger partial charge on any atom is 0.295 e. The predicted molar refractivity (Wildman–Crippen MR) is 31.4 cm³/mol. The first kappa shape index (κ1) is 8.22. The van der Waals surface area contributed by atoms with Crippen molar-refractivity contribution in [3.8, 4) is 16.2 Å². The van der Waals surface area contributed by atoms with Crippen molar-refractivity contribution in [2.45, 2.75) is 0 Å². The minimum Gasteiger partial charge on any atom is -0.250 e. The van der Waals surface area contributed by atoms with Crippen molar-refractivity contribution in [2.75, 3.05) is 0 Å². The van der Waals surface area contributed by atoms with Crippen LogP contribution in [0.4, 0.5) is 0 Å². The maximum atomic E-state index is 9.89. The third-order valence-corrected chi connectivity index (χ3v) is 1.86. The summed E-state index contributed by atoms with van der Waals surface area (Å²) in [5.74, 6) is 0. The first-order chi connectivity index (χ1) is 4.63. The highest BCUT2D eigenvalue weighted by Gasteiger charge is 2.37. The Balaban J connectivity index is 5.00. The standard InChI is InChI=1S/C3N4O2S/c4-1-10(2-5,3-6)7(8)9. The molecule has 0 amide bonds. The molecule has 0 bridgehead atoms. The summed E-state index contributed by atoms with van der Waals surface area (Å²) in [6.45, 7) is 0. The summed E-state index contributed by atoms with van der Waals surface area (Å²) in [4.78, 5) is 9.89. The van der Waals surface area contributed by atoms with Gasteiger partial charge in [0.1, 0.15) is 4.33 Å². The van der Waals surface area contributed by atoms with Crippen LogP contribution in [0, 0.1) is 42.1 Å². The molecule has 0 heterocycles. The molecule has 0 rings (SSSR count). The van der Waals surface area contributed by atoms with Gasteiger partial charge in [-0.05, 0) is 0 Å². The number of nitro groups is 1. The molecule has 0 atom stereocenters. The highest BCUT2D eigenvalue weighted by Crippen LogP contribution is 2.43. The van der Waals surface area contributed by atoms with Crippen LogP contribution in [0.25, 0.3) is 0 Å². The molecular formula is C3N4O2S. The van der Waals surface area contributed by atoms with Gasteiger partial charge in [-0.25, -0.2) is 10.1 Å². The highest BCUT2D eigenvalue weighted by atomic mass is 32.3. The first-order valence-corrected chi connectivity index (χ1v) is 3.42. The number of hydrogen-bond acceptors (Lipinski definition) is 5. The second-order valence-electron chi connectivity index (χ2n) is 1.08. The molecule has 50 valence electrons. The molecule has 0 aliphatic heterocycles. The van der Waals surface area contributed by atoms with Gasteiger partial charge in [0.05, 0.1) is 0 Å². The third-order valence-electron chi connectivity index (χ3n) is 0.620. The number of rotatable bonds is 1. The van der Waals surface area contributed by atoms with Crippen LogP contribution >= 0.6 is 10.2 Å². The maximum absolute atomic E-state index is 9.89. The van der Waals surface area contributed by atoms with E-state index in [0.29, 0.717) is 0 Å². The summed E-state index contributed by atoms with van der Waals surface area (Å²) in [6.07, 6.45) is 0.